The highest BCUT2D eigenvalue weighted by Crippen LogP contribution is 2.22. The van der Waals surface area contributed by atoms with Gasteiger partial charge in [0.2, 0.25) is 0 Å². The van der Waals surface area contributed by atoms with Crippen molar-refractivity contribution in [2.45, 2.75) is 38.8 Å². The van der Waals surface area contributed by atoms with E-state index >= 15 is 0 Å². The maximum atomic E-state index is 12.5. The molecule has 7 heteroatoms. The summed E-state index contributed by atoms with van der Waals surface area (Å²) in [5.41, 5.74) is 7.14. The molecule has 0 bridgehead atoms. The van der Waals surface area contributed by atoms with Gasteiger partial charge in [-0.05, 0) is 51.4 Å². The number of nitrogens with zero attached hydrogens (tertiary/aromatic N) is 2. The van der Waals surface area contributed by atoms with Crippen LogP contribution in [-0.2, 0) is 20.7 Å². The number of hydrogen-bond acceptors (Lipinski definition) is 6. The molecule has 7 nitrogen and oxygen atoms in total. The highest BCUT2D eigenvalue weighted by atomic mass is 16.6. The molecular weight excluding hydrogens is 334 g/mol. The van der Waals surface area contributed by atoms with Crippen LogP contribution < -0.4 is 10.6 Å². The zero-order valence-corrected chi connectivity index (χ0v) is 16.0. The smallest absolute Gasteiger partial charge is 0.411 e. The Hall–Kier alpha value is -2.28. The van der Waals surface area contributed by atoms with Crippen molar-refractivity contribution in [3.8, 4) is 0 Å². The number of benzene rings is 1. The predicted octanol–water partition coefficient (Wildman–Crippen LogP) is 1.79. The zero-order valence-electron chi connectivity index (χ0n) is 16.0. The van der Waals surface area contributed by atoms with Gasteiger partial charge in [-0.2, -0.15) is 0 Å². The minimum absolute atomic E-state index is 0.363. The molecule has 1 aliphatic heterocycles. The molecule has 1 aromatic carbocycles. The lowest BCUT2D eigenvalue weighted by atomic mass is 10.1. The maximum Gasteiger partial charge on any atom is 0.411 e. The third kappa shape index (κ3) is 5.11. The Labute approximate surface area is 155 Å². The van der Waals surface area contributed by atoms with Gasteiger partial charge < -0.3 is 20.1 Å². The molecule has 1 aliphatic rings. The number of methoxy groups -OCH3 is 1. The monoisotopic (exact) mass is 363 g/mol. The van der Waals surface area contributed by atoms with E-state index in [2.05, 4.69) is 4.90 Å². The lowest BCUT2D eigenvalue weighted by molar-refractivity contribution is -0.147. The normalized spacial score (nSPS) is 17.8. The van der Waals surface area contributed by atoms with E-state index in [9.17, 15) is 9.59 Å². The van der Waals surface area contributed by atoms with Crippen molar-refractivity contribution in [3.63, 3.8) is 0 Å². The Morgan fingerprint density at radius 2 is 1.85 bits per heavy atom. The molecule has 1 fully saturated rings. The van der Waals surface area contributed by atoms with Gasteiger partial charge in [-0.1, -0.05) is 12.1 Å². The number of anilines is 1. The van der Waals surface area contributed by atoms with Crippen LogP contribution in [0.25, 0.3) is 0 Å². The fourth-order valence-electron chi connectivity index (χ4n) is 2.93. The fraction of sp³-hybridized carbons (Fsp3) is 0.579. The molecule has 1 saturated heterocycles. The first kappa shape index (κ1) is 20.0. The van der Waals surface area contributed by atoms with Crippen LogP contribution in [0.4, 0.5) is 10.5 Å². The molecule has 0 aliphatic carbocycles. The van der Waals surface area contributed by atoms with Crippen LogP contribution in [0.5, 0.6) is 0 Å². The van der Waals surface area contributed by atoms with Gasteiger partial charge in [-0.15, -0.1) is 0 Å². The SMILES string of the molecule is COC(=O)[C@H]1CN(c2ccc(CCN)cc2)CCN1C(=O)OC(C)(C)C. The van der Waals surface area contributed by atoms with Crippen molar-refractivity contribution in [1.82, 2.24) is 4.90 Å². The first-order valence-electron chi connectivity index (χ1n) is 8.86. The Balaban J connectivity index is 2.14. The third-order valence-electron chi connectivity index (χ3n) is 4.22. The van der Waals surface area contributed by atoms with Crippen molar-refractivity contribution >= 4 is 17.7 Å². The summed E-state index contributed by atoms with van der Waals surface area (Å²) >= 11 is 0. The second kappa shape index (κ2) is 8.40. The number of amides is 1. The molecule has 0 radical (unpaired) electrons. The molecule has 0 spiro atoms. The molecule has 2 N–H and O–H groups in total. The van der Waals surface area contributed by atoms with E-state index in [1.54, 1.807) is 20.8 Å². The average Bonchev–Trinajstić information content (AvgIpc) is 2.60. The molecule has 1 heterocycles. The number of nitrogens with two attached hydrogens (primary N) is 1. The van der Waals surface area contributed by atoms with Gasteiger partial charge in [0.25, 0.3) is 0 Å². The fourth-order valence-corrected chi connectivity index (χ4v) is 2.93. The lowest BCUT2D eigenvalue weighted by Crippen LogP contribution is -2.59. The number of carbonyl (C=O) groups excluding carboxylic acids is 2. The first-order chi connectivity index (χ1) is 12.2. The first-order valence-corrected chi connectivity index (χ1v) is 8.86. The van der Waals surface area contributed by atoms with Crippen molar-refractivity contribution in [1.29, 1.82) is 0 Å². The second-order valence-corrected chi connectivity index (χ2v) is 7.36. The highest BCUT2D eigenvalue weighted by molar-refractivity contribution is 5.83. The van der Waals surface area contributed by atoms with Gasteiger partial charge in [-0.3, -0.25) is 4.90 Å². The van der Waals surface area contributed by atoms with Gasteiger partial charge in [-0.25, -0.2) is 9.59 Å². The van der Waals surface area contributed by atoms with Crippen molar-refractivity contribution in [2.75, 3.05) is 38.2 Å². The molecule has 0 saturated carbocycles. The largest absolute Gasteiger partial charge is 0.467 e. The number of hydrogen-bond donors (Lipinski definition) is 1. The summed E-state index contributed by atoms with van der Waals surface area (Å²) in [6.45, 7) is 7.38. The Bertz CT molecular complexity index is 625. The summed E-state index contributed by atoms with van der Waals surface area (Å²) in [4.78, 5) is 28.3. The molecule has 26 heavy (non-hydrogen) atoms. The molecule has 0 unspecified atom stereocenters. The number of rotatable bonds is 4. The molecule has 1 atom stereocenters. The lowest BCUT2D eigenvalue weighted by Gasteiger charge is -2.41. The van der Waals surface area contributed by atoms with E-state index in [0.29, 0.717) is 26.2 Å². The maximum absolute atomic E-state index is 12.5. The van der Waals surface area contributed by atoms with Crippen LogP contribution in [0.3, 0.4) is 0 Å². The summed E-state index contributed by atoms with van der Waals surface area (Å²) < 4.78 is 10.3. The van der Waals surface area contributed by atoms with E-state index in [1.165, 1.54) is 17.6 Å². The average molecular weight is 363 g/mol. The van der Waals surface area contributed by atoms with Crippen LogP contribution in [0.2, 0.25) is 0 Å². The summed E-state index contributed by atoms with van der Waals surface area (Å²) in [7, 11) is 1.33. The van der Waals surface area contributed by atoms with E-state index < -0.39 is 23.7 Å². The van der Waals surface area contributed by atoms with E-state index in [1.807, 2.05) is 24.3 Å². The van der Waals surface area contributed by atoms with Crippen molar-refractivity contribution in [3.05, 3.63) is 29.8 Å². The quantitative estimate of drug-likeness (QED) is 0.821. The van der Waals surface area contributed by atoms with Gasteiger partial charge >= 0.3 is 12.1 Å². The van der Waals surface area contributed by atoms with E-state index in [0.717, 1.165) is 12.1 Å². The number of carbonyl (C=O) groups is 2. The van der Waals surface area contributed by atoms with Crippen LogP contribution in [0.15, 0.2) is 24.3 Å². The molecule has 1 amide bonds. The second-order valence-electron chi connectivity index (χ2n) is 7.36. The van der Waals surface area contributed by atoms with Gasteiger partial charge in [0, 0.05) is 25.3 Å². The zero-order chi connectivity index (χ0) is 19.3. The van der Waals surface area contributed by atoms with Crippen LogP contribution >= 0.6 is 0 Å². The minimum atomic E-state index is -0.702. The van der Waals surface area contributed by atoms with Crippen LogP contribution in [-0.4, -0.2) is 61.9 Å². The Morgan fingerprint density at radius 1 is 1.19 bits per heavy atom. The van der Waals surface area contributed by atoms with Crippen LogP contribution in [0.1, 0.15) is 26.3 Å². The number of piperazine rings is 1. The summed E-state index contributed by atoms with van der Waals surface area (Å²) in [5, 5.41) is 0. The Kier molecular flexibility index (Phi) is 6.47. The van der Waals surface area contributed by atoms with Gasteiger partial charge in [0.1, 0.15) is 5.60 Å². The highest BCUT2D eigenvalue weighted by Gasteiger charge is 2.38. The number of esters is 1. The predicted molar refractivity (Wildman–Crippen MR) is 100 cm³/mol. The minimum Gasteiger partial charge on any atom is -0.467 e. The van der Waals surface area contributed by atoms with E-state index in [4.69, 9.17) is 15.2 Å². The molecule has 1 aromatic rings. The van der Waals surface area contributed by atoms with Crippen LogP contribution in [0, 0.1) is 0 Å². The van der Waals surface area contributed by atoms with Crippen molar-refractivity contribution in [2.24, 2.45) is 5.73 Å². The van der Waals surface area contributed by atoms with E-state index in [-0.39, 0.29) is 0 Å². The van der Waals surface area contributed by atoms with Gasteiger partial charge in [0.05, 0.1) is 7.11 Å². The summed E-state index contributed by atoms with van der Waals surface area (Å²) in [6.07, 6.45) is 0.336. The standard InChI is InChI=1S/C19H29N3O4/c1-19(2,3)26-18(24)22-12-11-21(13-16(22)17(23)25-4)15-7-5-14(6-8-15)9-10-20/h5-8,16H,9-13,20H2,1-4H3/t16-/m1/s1. The topological polar surface area (TPSA) is 85.1 Å². The molecule has 2 rings (SSSR count). The van der Waals surface area contributed by atoms with Gasteiger partial charge in [0.15, 0.2) is 6.04 Å². The summed E-state index contributed by atoms with van der Waals surface area (Å²) in [6, 6.07) is 7.41. The van der Waals surface area contributed by atoms with Crippen molar-refractivity contribution < 1.29 is 19.1 Å². The molecule has 0 aromatic heterocycles. The summed E-state index contributed by atoms with van der Waals surface area (Å²) in [5.74, 6) is -0.444. The number of ether oxygens (including phenoxy) is 2. The molecule has 144 valence electrons. The molecular formula is C19H29N3O4. The Morgan fingerprint density at radius 3 is 2.38 bits per heavy atom. The third-order valence-corrected chi connectivity index (χ3v) is 4.22.